The maximum Gasteiger partial charge on any atom is 0.407 e. The number of alkyl carbamates (subject to hydrolysis) is 1. The van der Waals surface area contributed by atoms with Gasteiger partial charge in [-0.05, 0) is 42.5 Å². The number of anilines is 1. The fraction of sp³-hybridized carbons (Fsp3) is 0.318. The van der Waals surface area contributed by atoms with Crippen LogP contribution in [0.15, 0.2) is 60.7 Å². The molecule has 0 aromatic heterocycles. The smallest absolute Gasteiger partial charge is 0.407 e. The Balaban J connectivity index is 1.38. The molecule has 1 aliphatic heterocycles. The van der Waals surface area contributed by atoms with Gasteiger partial charge in [-0.2, -0.15) is 0 Å². The van der Waals surface area contributed by atoms with Crippen molar-refractivity contribution in [1.29, 1.82) is 0 Å². The third-order valence-electron chi connectivity index (χ3n) is 4.50. The number of hydrogen-bond acceptors (Lipinski definition) is 3. The number of nitrogens with one attached hydrogen (secondary N) is 1. The summed E-state index contributed by atoms with van der Waals surface area (Å²) >= 11 is 0. The average Bonchev–Trinajstić information content (AvgIpc) is 2.71. The summed E-state index contributed by atoms with van der Waals surface area (Å²) in [4.78, 5) is 14.1. The molecule has 136 valence electrons. The topological polar surface area (TPSA) is 41.6 Å². The molecule has 0 atom stereocenters. The van der Waals surface area contributed by atoms with Crippen LogP contribution in [0.4, 0.5) is 10.5 Å². The minimum atomic E-state index is -0.404. The van der Waals surface area contributed by atoms with Crippen LogP contribution in [0.1, 0.15) is 30.4 Å². The van der Waals surface area contributed by atoms with Gasteiger partial charge in [0.2, 0.25) is 0 Å². The Morgan fingerprint density at radius 3 is 2.46 bits per heavy atom. The van der Waals surface area contributed by atoms with Crippen LogP contribution in [0, 0.1) is 0 Å². The lowest BCUT2D eigenvalue weighted by Gasteiger charge is -2.28. The number of ether oxygens (including phenoxy) is 1. The average molecular weight is 350 g/mol. The molecule has 1 aliphatic rings. The third kappa shape index (κ3) is 5.66. The van der Waals surface area contributed by atoms with Gasteiger partial charge in [-0.15, -0.1) is 0 Å². The van der Waals surface area contributed by atoms with Crippen molar-refractivity contribution in [2.45, 2.75) is 25.9 Å². The fourth-order valence-corrected chi connectivity index (χ4v) is 3.06. The molecule has 1 amide bonds. The minimum Gasteiger partial charge on any atom is -0.445 e. The van der Waals surface area contributed by atoms with Crippen molar-refractivity contribution in [2.24, 2.45) is 0 Å². The molecular formula is C22H26N2O2. The van der Waals surface area contributed by atoms with E-state index in [-0.39, 0.29) is 6.61 Å². The van der Waals surface area contributed by atoms with E-state index < -0.39 is 6.09 Å². The normalized spacial score (nSPS) is 14.4. The van der Waals surface area contributed by atoms with Gasteiger partial charge in [-0.3, -0.25) is 0 Å². The lowest BCUT2D eigenvalue weighted by molar-refractivity contribution is 0.141. The Morgan fingerprint density at radius 1 is 1.00 bits per heavy atom. The van der Waals surface area contributed by atoms with Crippen molar-refractivity contribution in [3.05, 3.63) is 71.8 Å². The maximum atomic E-state index is 11.7. The van der Waals surface area contributed by atoms with E-state index in [9.17, 15) is 4.79 Å². The summed E-state index contributed by atoms with van der Waals surface area (Å²) in [5.74, 6) is 0. The highest BCUT2D eigenvalue weighted by atomic mass is 16.5. The van der Waals surface area contributed by atoms with E-state index in [1.54, 1.807) is 0 Å². The number of rotatable bonds is 6. The largest absolute Gasteiger partial charge is 0.445 e. The van der Waals surface area contributed by atoms with Gasteiger partial charge in [0, 0.05) is 25.3 Å². The van der Waals surface area contributed by atoms with Gasteiger partial charge >= 0.3 is 6.09 Å². The zero-order chi connectivity index (χ0) is 18.0. The molecule has 2 aromatic rings. The Morgan fingerprint density at radius 2 is 1.73 bits per heavy atom. The second kappa shape index (κ2) is 9.66. The molecule has 1 fully saturated rings. The van der Waals surface area contributed by atoms with Gasteiger partial charge < -0.3 is 15.0 Å². The molecule has 1 heterocycles. The molecule has 4 nitrogen and oxygen atoms in total. The van der Waals surface area contributed by atoms with Crippen LogP contribution in [-0.4, -0.2) is 25.7 Å². The zero-order valence-corrected chi connectivity index (χ0v) is 15.1. The van der Waals surface area contributed by atoms with Crippen molar-refractivity contribution in [3.63, 3.8) is 0 Å². The molecular weight excluding hydrogens is 324 g/mol. The predicted octanol–water partition coefficient (Wildman–Crippen LogP) is 4.62. The molecule has 0 aliphatic carbocycles. The standard InChI is InChI=1S/C22H26N2O2/c25-22(26-18-20-8-3-1-4-9-20)23-15-7-10-19-11-13-21(14-12-19)24-16-5-2-6-17-24/h1,3-4,7-14H,2,5-6,15-18H2,(H,23,25). The zero-order valence-electron chi connectivity index (χ0n) is 15.1. The number of carbonyl (C=O) groups excluding carboxylic acids is 1. The quantitative estimate of drug-likeness (QED) is 0.827. The molecule has 0 radical (unpaired) electrons. The first-order valence-electron chi connectivity index (χ1n) is 9.27. The molecule has 3 rings (SSSR count). The van der Waals surface area contributed by atoms with E-state index in [1.165, 1.54) is 24.9 Å². The van der Waals surface area contributed by atoms with E-state index in [0.717, 1.165) is 24.2 Å². The van der Waals surface area contributed by atoms with Crippen LogP contribution in [0.3, 0.4) is 0 Å². The predicted molar refractivity (Wildman–Crippen MR) is 106 cm³/mol. The first-order chi connectivity index (χ1) is 12.8. The molecule has 1 N–H and O–H groups in total. The van der Waals surface area contributed by atoms with Gasteiger partial charge in [0.25, 0.3) is 0 Å². The summed E-state index contributed by atoms with van der Waals surface area (Å²) in [6, 6.07) is 18.2. The number of carbonyl (C=O) groups is 1. The van der Waals surface area contributed by atoms with Crippen molar-refractivity contribution >= 4 is 17.9 Å². The molecule has 0 spiro atoms. The molecule has 0 unspecified atom stereocenters. The second-order valence-corrected chi connectivity index (χ2v) is 6.48. The molecule has 2 aromatic carbocycles. The summed E-state index contributed by atoms with van der Waals surface area (Å²) in [7, 11) is 0. The molecule has 0 bridgehead atoms. The Hall–Kier alpha value is -2.75. The van der Waals surface area contributed by atoms with Crippen LogP contribution >= 0.6 is 0 Å². The highest BCUT2D eigenvalue weighted by molar-refractivity contribution is 5.67. The van der Waals surface area contributed by atoms with Gasteiger partial charge in [0.05, 0.1) is 0 Å². The number of hydrogen-bond donors (Lipinski definition) is 1. The SMILES string of the molecule is O=C(NCC=Cc1ccc(N2CCCCC2)cc1)OCc1ccccc1. The summed E-state index contributed by atoms with van der Waals surface area (Å²) < 4.78 is 5.17. The van der Waals surface area contributed by atoms with Gasteiger partial charge in [0.15, 0.2) is 0 Å². The number of benzene rings is 2. The van der Waals surface area contributed by atoms with E-state index in [4.69, 9.17) is 4.74 Å². The molecule has 26 heavy (non-hydrogen) atoms. The summed E-state index contributed by atoms with van der Waals surface area (Å²) in [5, 5.41) is 2.73. The van der Waals surface area contributed by atoms with Crippen LogP contribution in [0.25, 0.3) is 6.08 Å². The Labute approximate surface area is 155 Å². The lowest BCUT2D eigenvalue weighted by Crippen LogP contribution is -2.29. The van der Waals surface area contributed by atoms with E-state index >= 15 is 0 Å². The maximum absolute atomic E-state index is 11.7. The highest BCUT2D eigenvalue weighted by Gasteiger charge is 2.10. The van der Waals surface area contributed by atoms with Crippen molar-refractivity contribution in [1.82, 2.24) is 5.32 Å². The Bertz CT molecular complexity index is 705. The molecule has 1 saturated heterocycles. The van der Waals surface area contributed by atoms with Crippen molar-refractivity contribution in [3.8, 4) is 0 Å². The molecule has 0 saturated carbocycles. The number of nitrogens with zero attached hydrogens (tertiary/aromatic N) is 1. The van der Waals surface area contributed by atoms with Gasteiger partial charge in [0.1, 0.15) is 6.61 Å². The van der Waals surface area contributed by atoms with Crippen LogP contribution < -0.4 is 10.2 Å². The van der Waals surface area contributed by atoms with Crippen molar-refractivity contribution in [2.75, 3.05) is 24.5 Å². The Kier molecular flexibility index (Phi) is 6.71. The highest BCUT2D eigenvalue weighted by Crippen LogP contribution is 2.20. The summed E-state index contributed by atoms with van der Waals surface area (Å²) in [5.41, 5.74) is 3.40. The first-order valence-corrected chi connectivity index (χ1v) is 9.27. The van der Waals surface area contributed by atoms with Gasteiger partial charge in [-0.1, -0.05) is 54.6 Å². The minimum absolute atomic E-state index is 0.286. The van der Waals surface area contributed by atoms with E-state index in [0.29, 0.717) is 6.54 Å². The number of amides is 1. The fourth-order valence-electron chi connectivity index (χ4n) is 3.06. The molecule has 4 heteroatoms. The van der Waals surface area contributed by atoms with Crippen LogP contribution in [-0.2, 0) is 11.3 Å². The second-order valence-electron chi connectivity index (χ2n) is 6.48. The summed E-state index contributed by atoms with van der Waals surface area (Å²) in [6.07, 6.45) is 7.45. The van der Waals surface area contributed by atoms with E-state index in [1.807, 2.05) is 42.5 Å². The van der Waals surface area contributed by atoms with E-state index in [2.05, 4.69) is 34.5 Å². The van der Waals surface area contributed by atoms with Crippen LogP contribution in [0.5, 0.6) is 0 Å². The summed E-state index contributed by atoms with van der Waals surface area (Å²) in [6.45, 7) is 3.05. The monoisotopic (exact) mass is 350 g/mol. The van der Waals surface area contributed by atoms with Crippen LogP contribution in [0.2, 0.25) is 0 Å². The first kappa shape index (κ1) is 18.1. The lowest BCUT2D eigenvalue weighted by atomic mass is 10.1. The third-order valence-corrected chi connectivity index (χ3v) is 4.50. The van der Waals surface area contributed by atoms with Gasteiger partial charge in [-0.25, -0.2) is 4.79 Å². The van der Waals surface area contributed by atoms with Crippen molar-refractivity contribution < 1.29 is 9.53 Å². The number of piperidine rings is 1.